The smallest absolute Gasteiger partial charge is 0.296 e. The highest BCUT2D eigenvalue weighted by Gasteiger charge is 2.31. The third kappa shape index (κ3) is 2.47. The predicted molar refractivity (Wildman–Crippen MR) is 73.5 cm³/mol. The van der Waals surface area contributed by atoms with Gasteiger partial charge in [-0.15, -0.1) is 0 Å². The molecule has 22 heavy (non-hydrogen) atoms. The van der Waals surface area contributed by atoms with E-state index < -0.39 is 18.2 Å². The average molecular weight is 308 g/mol. The lowest BCUT2D eigenvalue weighted by atomic mass is 10.1. The van der Waals surface area contributed by atoms with Crippen LogP contribution in [-0.4, -0.2) is 25.8 Å². The number of rotatable bonds is 2. The van der Waals surface area contributed by atoms with Gasteiger partial charge in [0.1, 0.15) is 0 Å². The summed E-state index contributed by atoms with van der Waals surface area (Å²) in [5.74, 6) is 0. The average Bonchev–Trinajstić information content (AvgIpc) is 2.87. The van der Waals surface area contributed by atoms with Gasteiger partial charge in [0.05, 0.1) is 6.42 Å². The van der Waals surface area contributed by atoms with Crippen molar-refractivity contribution >= 4 is 5.65 Å². The summed E-state index contributed by atoms with van der Waals surface area (Å²) in [6.07, 6.45) is -1.04. The van der Waals surface area contributed by atoms with Crippen LogP contribution in [0.25, 0.3) is 16.8 Å². The zero-order chi connectivity index (χ0) is 15.9. The van der Waals surface area contributed by atoms with E-state index in [0.717, 1.165) is 10.1 Å². The van der Waals surface area contributed by atoms with Crippen LogP contribution in [0.1, 0.15) is 11.3 Å². The number of hydrogen-bond acceptors (Lipinski definition) is 3. The molecule has 3 heterocycles. The Hall–Kier alpha value is -2.64. The fraction of sp³-hybridized carbons (Fsp3) is 0.214. The molecule has 1 N–H and O–H groups in total. The molecule has 0 radical (unpaired) electrons. The van der Waals surface area contributed by atoms with Crippen LogP contribution in [0.2, 0.25) is 0 Å². The Morgan fingerprint density at radius 3 is 2.59 bits per heavy atom. The molecule has 0 fully saturated rings. The van der Waals surface area contributed by atoms with Gasteiger partial charge in [0.2, 0.25) is 0 Å². The van der Waals surface area contributed by atoms with Gasteiger partial charge in [0.25, 0.3) is 5.56 Å². The zero-order valence-corrected chi connectivity index (χ0v) is 11.5. The number of nitrogens with zero attached hydrogens (tertiary/aromatic N) is 3. The summed E-state index contributed by atoms with van der Waals surface area (Å²) in [6.45, 7) is 1.41. The van der Waals surface area contributed by atoms with Gasteiger partial charge < -0.3 is 0 Å². The minimum atomic E-state index is -4.46. The molecule has 0 bridgehead atoms. The number of aryl methyl sites for hydroxylation is 1. The number of nitrogens with one attached hydrogen (secondary N) is 1. The molecule has 0 aliphatic rings. The largest absolute Gasteiger partial charge is 0.393 e. The van der Waals surface area contributed by atoms with E-state index in [0.29, 0.717) is 11.2 Å². The number of alkyl halides is 3. The van der Waals surface area contributed by atoms with Gasteiger partial charge in [-0.1, -0.05) is 0 Å². The van der Waals surface area contributed by atoms with Crippen molar-refractivity contribution < 1.29 is 13.2 Å². The molecule has 114 valence electrons. The molecule has 0 amide bonds. The standard InChI is InChI=1S/C14H11F3N4O/c1-8-10(6-14(15,16)17)13(22)21-12(20-8)11(7-19-21)9-2-4-18-5-3-9/h2-5,7,19H,6H2,1H3. The van der Waals surface area contributed by atoms with E-state index >= 15 is 0 Å². The van der Waals surface area contributed by atoms with Gasteiger partial charge in [0, 0.05) is 35.4 Å². The molecule has 0 saturated carbocycles. The topological polar surface area (TPSA) is 63.1 Å². The van der Waals surface area contributed by atoms with Crippen LogP contribution in [0.4, 0.5) is 13.2 Å². The highest BCUT2D eigenvalue weighted by atomic mass is 19.4. The van der Waals surface area contributed by atoms with Gasteiger partial charge >= 0.3 is 6.18 Å². The first-order valence-corrected chi connectivity index (χ1v) is 6.43. The van der Waals surface area contributed by atoms with Crippen molar-refractivity contribution in [2.45, 2.75) is 19.5 Å². The maximum Gasteiger partial charge on any atom is 0.393 e. The summed E-state index contributed by atoms with van der Waals surface area (Å²) in [6, 6.07) is 3.46. The third-order valence-corrected chi connectivity index (χ3v) is 3.33. The third-order valence-electron chi connectivity index (χ3n) is 3.33. The van der Waals surface area contributed by atoms with Crippen molar-refractivity contribution in [1.82, 2.24) is 19.6 Å². The van der Waals surface area contributed by atoms with Crippen molar-refractivity contribution in [3.05, 3.63) is 52.3 Å². The van der Waals surface area contributed by atoms with Gasteiger partial charge in [-0.2, -0.15) is 13.2 Å². The Morgan fingerprint density at radius 2 is 1.95 bits per heavy atom. The molecule has 3 rings (SSSR count). The van der Waals surface area contributed by atoms with Gasteiger partial charge in [0.15, 0.2) is 5.65 Å². The SMILES string of the molecule is Cc1nc2c(-c3ccncc3)c[nH]n2c(=O)c1CC(F)(F)F. The van der Waals surface area contributed by atoms with E-state index in [4.69, 9.17) is 0 Å². The Balaban J connectivity index is 2.22. The quantitative estimate of drug-likeness (QED) is 0.791. The van der Waals surface area contributed by atoms with Gasteiger partial charge in [-0.3, -0.25) is 14.9 Å². The summed E-state index contributed by atoms with van der Waals surface area (Å²) in [7, 11) is 0. The molecule has 0 unspecified atom stereocenters. The number of fused-ring (bicyclic) bond motifs is 1. The maximum absolute atomic E-state index is 12.6. The number of aromatic amines is 1. The molecule has 0 atom stereocenters. The van der Waals surface area contributed by atoms with E-state index in [-0.39, 0.29) is 11.3 Å². The number of H-pyrrole nitrogens is 1. The fourth-order valence-electron chi connectivity index (χ4n) is 2.30. The molecule has 8 heteroatoms. The number of aromatic nitrogens is 4. The van der Waals surface area contributed by atoms with Crippen molar-refractivity contribution in [2.75, 3.05) is 0 Å². The summed E-state index contributed by atoms with van der Waals surface area (Å²) >= 11 is 0. The van der Waals surface area contributed by atoms with Crippen molar-refractivity contribution in [2.24, 2.45) is 0 Å². The second-order valence-electron chi connectivity index (χ2n) is 4.85. The lowest BCUT2D eigenvalue weighted by molar-refractivity contribution is -0.127. The number of halogens is 3. The van der Waals surface area contributed by atoms with E-state index in [1.807, 2.05) is 0 Å². The molecule has 3 aromatic rings. The minimum absolute atomic E-state index is 0.0808. The predicted octanol–water partition coefficient (Wildman–Crippen LogP) is 2.50. The first kappa shape index (κ1) is 14.3. The Labute approximate surface area is 122 Å². The highest BCUT2D eigenvalue weighted by Crippen LogP contribution is 2.24. The van der Waals surface area contributed by atoms with E-state index in [2.05, 4.69) is 15.1 Å². The van der Waals surface area contributed by atoms with E-state index in [1.165, 1.54) is 13.1 Å². The molecule has 0 aromatic carbocycles. The molecule has 0 saturated heterocycles. The molecule has 3 aromatic heterocycles. The van der Waals surface area contributed by atoms with Crippen LogP contribution in [0.3, 0.4) is 0 Å². The summed E-state index contributed by atoms with van der Waals surface area (Å²) in [5, 5.41) is 2.66. The lowest BCUT2D eigenvalue weighted by Crippen LogP contribution is -2.26. The number of hydrogen-bond donors (Lipinski definition) is 1. The molecular weight excluding hydrogens is 297 g/mol. The normalized spacial score (nSPS) is 12.0. The van der Waals surface area contributed by atoms with Crippen LogP contribution in [0.5, 0.6) is 0 Å². The Bertz CT molecular complexity index is 881. The summed E-state index contributed by atoms with van der Waals surface area (Å²) in [5.41, 5.74) is 0.676. The molecule has 0 aliphatic carbocycles. The highest BCUT2D eigenvalue weighted by molar-refractivity contribution is 5.76. The van der Waals surface area contributed by atoms with Crippen LogP contribution in [0, 0.1) is 6.92 Å². The molecule has 0 aliphatic heterocycles. The first-order valence-electron chi connectivity index (χ1n) is 6.43. The fourth-order valence-corrected chi connectivity index (χ4v) is 2.30. The lowest BCUT2D eigenvalue weighted by Gasteiger charge is -2.08. The second-order valence-corrected chi connectivity index (χ2v) is 4.85. The van der Waals surface area contributed by atoms with E-state index in [1.54, 1.807) is 24.5 Å². The van der Waals surface area contributed by atoms with Crippen LogP contribution in [-0.2, 0) is 6.42 Å². The molecular formula is C14H11F3N4O. The maximum atomic E-state index is 12.6. The van der Waals surface area contributed by atoms with Crippen LogP contribution < -0.4 is 5.56 Å². The monoisotopic (exact) mass is 308 g/mol. The molecule has 5 nitrogen and oxygen atoms in total. The van der Waals surface area contributed by atoms with Crippen molar-refractivity contribution in [3.63, 3.8) is 0 Å². The first-order chi connectivity index (χ1) is 10.4. The van der Waals surface area contributed by atoms with Gasteiger partial charge in [-0.05, 0) is 24.6 Å². The van der Waals surface area contributed by atoms with Crippen LogP contribution >= 0.6 is 0 Å². The second kappa shape index (κ2) is 4.97. The Kier molecular flexibility index (Phi) is 3.23. The van der Waals surface area contributed by atoms with Crippen molar-refractivity contribution in [1.29, 1.82) is 0 Å². The summed E-state index contributed by atoms with van der Waals surface area (Å²) in [4.78, 5) is 20.3. The minimum Gasteiger partial charge on any atom is -0.296 e. The summed E-state index contributed by atoms with van der Waals surface area (Å²) < 4.78 is 38.8. The van der Waals surface area contributed by atoms with Crippen LogP contribution in [0.15, 0.2) is 35.5 Å². The molecule has 0 spiro atoms. The van der Waals surface area contributed by atoms with Crippen molar-refractivity contribution in [3.8, 4) is 11.1 Å². The number of pyridine rings is 1. The van der Waals surface area contributed by atoms with E-state index in [9.17, 15) is 18.0 Å². The van der Waals surface area contributed by atoms with Gasteiger partial charge in [-0.25, -0.2) is 9.50 Å². The Morgan fingerprint density at radius 1 is 1.27 bits per heavy atom. The zero-order valence-electron chi connectivity index (χ0n) is 11.5.